The van der Waals surface area contributed by atoms with Crippen LogP contribution in [0.1, 0.15) is 18.9 Å². The first-order valence-corrected chi connectivity index (χ1v) is 5.94. The van der Waals surface area contributed by atoms with Crippen LogP contribution in [0.5, 0.6) is 0 Å². The molecule has 0 unspecified atom stereocenters. The van der Waals surface area contributed by atoms with Crippen LogP contribution in [0, 0.1) is 0 Å². The van der Waals surface area contributed by atoms with E-state index in [9.17, 15) is 0 Å². The van der Waals surface area contributed by atoms with E-state index in [4.69, 9.17) is 12.6 Å². The Kier molecular flexibility index (Phi) is 2.73. The van der Waals surface area contributed by atoms with E-state index < -0.39 is 0 Å². The van der Waals surface area contributed by atoms with Crippen molar-refractivity contribution in [1.82, 2.24) is 14.7 Å². The fraction of sp³-hybridized carbons (Fsp3) is 0.727. The SMILES string of the molecule is [B]c1cnn(C2CN(C3CCOCC3)C2)c1. The highest BCUT2D eigenvalue weighted by molar-refractivity contribution is 6.31. The van der Waals surface area contributed by atoms with Crippen molar-refractivity contribution in [3.05, 3.63) is 12.4 Å². The Morgan fingerprint density at radius 3 is 2.62 bits per heavy atom. The molecule has 0 aromatic carbocycles. The van der Waals surface area contributed by atoms with Gasteiger partial charge in [0.05, 0.1) is 6.04 Å². The van der Waals surface area contributed by atoms with Gasteiger partial charge in [0.15, 0.2) is 0 Å². The van der Waals surface area contributed by atoms with Crippen molar-refractivity contribution in [1.29, 1.82) is 0 Å². The maximum atomic E-state index is 5.66. The number of aromatic nitrogens is 2. The van der Waals surface area contributed by atoms with E-state index in [0.717, 1.165) is 37.8 Å². The zero-order valence-electron chi connectivity index (χ0n) is 9.38. The maximum absolute atomic E-state index is 5.66. The molecule has 1 aromatic rings. The van der Waals surface area contributed by atoms with Crippen molar-refractivity contribution >= 4 is 13.3 Å². The molecule has 2 radical (unpaired) electrons. The second-order valence-corrected chi connectivity index (χ2v) is 4.70. The number of nitrogens with zero attached hydrogens (tertiary/aromatic N) is 3. The van der Waals surface area contributed by atoms with Crippen molar-refractivity contribution in [3.8, 4) is 0 Å². The van der Waals surface area contributed by atoms with Crippen LogP contribution in [0.25, 0.3) is 0 Å². The van der Waals surface area contributed by atoms with E-state index in [1.807, 2.05) is 10.9 Å². The molecule has 16 heavy (non-hydrogen) atoms. The lowest BCUT2D eigenvalue weighted by atomic mass is 9.99. The summed E-state index contributed by atoms with van der Waals surface area (Å²) in [4.78, 5) is 2.53. The molecule has 0 spiro atoms. The first-order valence-electron chi connectivity index (χ1n) is 5.94. The zero-order chi connectivity index (χ0) is 11.0. The second kappa shape index (κ2) is 4.22. The number of hydrogen-bond acceptors (Lipinski definition) is 3. The highest BCUT2D eigenvalue weighted by atomic mass is 16.5. The van der Waals surface area contributed by atoms with Gasteiger partial charge in [-0.25, -0.2) is 0 Å². The molecule has 2 fully saturated rings. The molecule has 0 bridgehead atoms. The van der Waals surface area contributed by atoms with Crippen LogP contribution in [-0.4, -0.2) is 54.9 Å². The van der Waals surface area contributed by atoms with Gasteiger partial charge in [0.1, 0.15) is 7.85 Å². The van der Waals surface area contributed by atoms with Crippen LogP contribution in [0.3, 0.4) is 0 Å². The van der Waals surface area contributed by atoms with Gasteiger partial charge in [-0.2, -0.15) is 5.10 Å². The molecule has 0 amide bonds. The summed E-state index contributed by atoms with van der Waals surface area (Å²) >= 11 is 0. The molecule has 2 aliphatic rings. The van der Waals surface area contributed by atoms with Gasteiger partial charge in [-0.3, -0.25) is 9.58 Å². The van der Waals surface area contributed by atoms with E-state index in [1.165, 1.54) is 12.8 Å². The van der Waals surface area contributed by atoms with Gasteiger partial charge in [0.25, 0.3) is 0 Å². The van der Waals surface area contributed by atoms with Crippen LogP contribution < -0.4 is 5.46 Å². The minimum Gasteiger partial charge on any atom is -0.381 e. The predicted molar refractivity (Wildman–Crippen MR) is 62.1 cm³/mol. The molecule has 0 aliphatic carbocycles. The Morgan fingerprint density at radius 2 is 2.00 bits per heavy atom. The summed E-state index contributed by atoms with van der Waals surface area (Å²) in [5, 5.41) is 4.26. The third-order valence-corrected chi connectivity index (χ3v) is 3.59. The molecule has 5 heteroatoms. The van der Waals surface area contributed by atoms with Gasteiger partial charge >= 0.3 is 0 Å². The molecular weight excluding hydrogens is 201 g/mol. The highest BCUT2D eigenvalue weighted by Gasteiger charge is 2.34. The van der Waals surface area contributed by atoms with Crippen LogP contribution in [0.2, 0.25) is 0 Å². The maximum Gasteiger partial charge on any atom is 0.118 e. The fourth-order valence-corrected chi connectivity index (χ4v) is 2.56. The van der Waals surface area contributed by atoms with Gasteiger partial charge in [-0.1, -0.05) is 5.46 Å². The minimum atomic E-state index is 0.514. The monoisotopic (exact) mass is 217 g/mol. The lowest BCUT2D eigenvalue weighted by Gasteiger charge is -2.45. The fourth-order valence-electron chi connectivity index (χ4n) is 2.56. The van der Waals surface area contributed by atoms with Crippen LogP contribution in [0.15, 0.2) is 12.4 Å². The summed E-state index contributed by atoms with van der Waals surface area (Å²) in [6.45, 7) is 4.04. The lowest BCUT2D eigenvalue weighted by molar-refractivity contribution is -0.0138. The molecule has 0 atom stereocenters. The van der Waals surface area contributed by atoms with E-state index in [2.05, 4.69) is 10.00 Å². The standard InChI is InChI=1S/C11H16BN3O/c12-9-5-13-15(6-9)11-7-14(8-11)10-1-3-16-4-2-10/h5-6,10-11H,1-4,7-8H2. The minimum absolute atomic E-state index is 0.514. The lowest BCUT2D eigenvalue weighted by Crippen LogP contribution is -2.54. The summed E-state index contributed by atoms with van der Waals surface area (Å²) in [5.41, 5.74) is 0.754. The van der Waals surface area contributed by atoms with E-state index in [0.29, 0.717) is 6.04 Å². The summed E-state index contributed by atoms with van der Waals surface area (Å²) in [6.07, 6.45) is 5.99. The molecule has 0 N–H and O–H groups in total. The average Bonchev–Trinajstić information content (AvgIpc) is 2.64. The third kappa shape index (κ3) is 1.89. The van der Waals surface area contributed by atoms with E-state index >= 15 is 0 Å². The number of likely N-dealkylation sites (tertiary alicyclic amines) is 1. The van der Waals surface area contributed by atoms with Crippen molar-refractivity contribution < 1.29 is 4.74 Å². The number of hydrogen-bond donors (Lipinski definition) is 0. The number of ether oxygens (including phenoxy) is 1. The Morgan fingerprint density at radius 1 is 1.25 bits per heavy atom. The Bertz CT molecular complexity index is 356. The van der Waals surface area contributed by atoms with Crippen molar-refractivity contribution in [2.75, 3.05) is 26.3 Å². The second-order valence-electron chi connectivity index (χ2n) is 4.70. The number of rotatable bonds is 2. The topological polar surface area (TPSA) is 30.3 Å². The Balaban J connectivity index is 1.54. The molecule has 3 rings (SSSR count). The summed E-state index contributed by atoms with van der Waals surface area (Å²) in [7, 11) is 5.66. The molecule has 4 nitrogen and oxygen atoms in total. The molecule has 2 saturated heterocycles. The molecule has 3 heterocycles. The van der Waals surface area contributed by atoms with Crippen LogP contribution in [0.4, 0.5) is 0 Å². The van der Waals surface area contributed by atoms with Gasteiger partial charge in [-0.05, 0) is 12.8 Å². The molecule has 84 valence electrons. The quantitative estimate of drug-likeness (QED) is 0.638. The van der Waals surface area contributed by atoms with Crippen molar-refractivity contribution in [2.45, 2.75) is 24.9 Å². The summed E-state index contributed by atoms with van der Waals surface area (Å²) in [6, 6.07) is 1.23. The van der Waals surface area contributed by atoms with E-state index in [1.54, 1.807) is 6.20 Å². The molecule has 1 aromatic heterocycles. The summed E-state index contributed by atoms with van der Waals surface area (Å²) < 4.78 is 7.36. The first kappa shape index (κ1) is 10.4. The van der Waals surface area contributed by atoms with Gasteiger partial charge in [0.2, 0.25) is 0 Å². The Hall–Kier alpha value is -0.805. The summed E-state index contributed by atoms with van der Waals surface area (Å²) in [5.74, 6) is 0. The van der Waals surface area contributed by atoms with Gasteiger partial charge in [0, 0.05) is 44.7 Å². The van der Waals surface area contributed by atoms with Gasteiger partial charge < -0.3 is 4.74 Å². The largest absolute Gasteiger partial charge is 0.381 e. The molecular formula is C11H16BN3O. The van der Waals surface area contributed by atoms with E-state index in [-0.39, 0.29) is 0 Å². The predicted octanol–water partition coefficient (Wildman–Crippen LogP) is -0.287. The van der Waals surface area contributed by atoms with Crippen molar-refractivity contribution in [3.63, 3.8) is 0 Å². The normalized spacial score (nSPS) is 24.5. The third-order valence-electron chi connectivity index (χ3n) is 3.59. The smallest absolute Gasteiger partial charge is 0.118 e. The molecule has 0 saturated carbocycles. The van der Waals surface area contributed by atoms with Crippen LogP contribution in [-0.2, 0) is 4.74 Å². The van der Waals surface area contributed by atoms with Gasteiger partial charge in [-0.15, -0.1) is 0 Å². The zero-order valence-corrected chi connectivity index (χ0v) is 9.38. The van der Waals surface area contributed by atoms with Crippen LogP contribution >= 0.6 is 0 Å². The Labute approximate surface area is 97.0 Å². The first-order chi connectivity index (χ1) is 7.83. The van der Waals surface area contributed by atoms with Crippen molar-refractivity contribution in [2.24, 2.45) is 0 Å². The highest BCUT2D eigenvalue weighted by Crippen LogP contribution is 2.26. The molecule has 2 aliphatic heterocycles. The average molecular weight is 217 g/mol.